The van der Waals surface area contributed by atoms with Gasteiger partial charge in [-0.1, -0.05) is 6.92 Å². The molecule has 1 atom stereocenters. The summed E-state index contributed by atoms with van der Waals surface area (Å²) in [5.74, 6) is 0.194. The smallest absolute Gasteiger partial charge is 0.275 e. The predicted molar refractivity (Wildman–Crippen MR) is 119 cm³/mol. The van der Waals surface area contributed by atoms with Crippen molar-refractivity contribution < 1.29 is 18.7 Å². The number of benzene rings is 1. The summed E-state index contributed by atoms with van der Waals surface area (Å²) in [7, 11) is 0. The number of aliphatic hydroxyl groups is 1. The fourth-order valence-electron chi connectivity index (χ4n) is 4.21. The molecule has 0 radical (unpaired) electrons. The van der Waals surface area contributed by atoms with Gasteiger partial charge in [0.2, 0.25) is 5.89 Å². The molecule has 1 aromatic heterocycles. The van der Waals surface area contributed by atoms with Crippen LogP contribution in [-0.4, -0.2) is 95.7 Å². The molecule has 0 spiro atoms. The molecule has 3 heterocycles. The monoisotopic (exact) mass is 445 g/mol. The maximum atomic E-state index is 13.1. The van der Waals surface area contributed by atoms with E-state index in [1.54, 1.807) is 17.0 Å². The number of aliphatic hydroxyl groups excluding tert-OH is 1. The number of rotatable bonds is 7. The van der Waals surface area contributed by atoms with Gasteiger partial charge in [-0.25, -0.2) is 9.37 Å². The topological polar surface area (TPSA) is 76.3 Å². The summed E-state index contributed by atoms with van der Waals surface area (Å²) >= 11 is 0. The first-order valence-electron chi connectivity index (χ1n) is 11.4. The Morgan fingerprint density at radius 3 is 2.38 bits per heavy atom. The minimum Gasteiger partial charge on any atom is -0.447 e. The van der Waals surface area contributed by atoms with E-state index in [0.717, 1.165) is 44.8 Å². The van der Waals surface area contributed by atoms with Crippen molar-refractivity contribution in [1.82, 2.24) is 19.7 Å². The van der Waals surface area contributed by atoms with Crippen molar-refractivity contribution in [2.75, 3.05) is 63.8 Å². The second kappa shape index (κ2) is 10.4. The molecule has 2 aliphatic rings. The normalized spacial score (nSPS) is 19.3. The Hall–Kier alpha value is -2.49. The van der Waals surface area contributed by atoms with Gasteiger partial charge in [-0.05, 0) is 30.7 Å². The van der Waals surface area contributed by atoms with Crippen LogP contribution in [-0.2, 0) is 6.54 Å². The number of anilines is 1. The molecule has 32 heavy (non-hydrogen) atoms. The van der Waals surface area contributed by atoms with Crippen molar-refractivity contribution in [2.24, 2.45) is 0 Å². The van der Waals surface area contributed by atoms with Crippen molar-refractivity contribution in [3.05, 3.63) is 47.9 Å². The number of β-amino-alcohol motifs (C(OH)–C–C–N with tert-alkyl or cyclic N) is 1. The number of hydrogen-bond donors (Lipinski definition) is 1. The fourth-order valence-corrected chi connectivity index (χ4v) is 4.21. The standard InChI is InChI=1S/C23H32FN5O3/c1-2-20(30)15-26-7-9-27(10-8-26)16-22-25-21(17-32-22)23(31)29-13-11-28(12-14-29)19-5-3-18(24)4-6-19/h3-6,17,20,30H,2,7-16H2,1H3. The average Bonchev–Trinajstić information content (AvgIpc) is 3.29. The lowest BCUT2D eigenvalue weighted by atomic mass is 10.2. The van der Waals surface area contributed by atoms with E-state index in [2.05, 4.69) is 19.7 Å². The molecule has 0 aliphatic carbocycles. The molecule has 0 saturated carbocycles. The van der Waals surface area contributed by atoms with Crippen LogP contribution >= 0.6 is 0 Å². The van der Waals surface area contributed by atoms with Crippen LogP contribution in [0.4, 0.5) is 10.1 Å². The lowest BCUT2D eigenvalue weighted by molar-refractivity contribution is 0.0658. The number of aromatic nitrogens is 1. The van der Waals surface area contributed by atoms with E-state index < -0.39 is 0 Å². The van der Waals surface area contributed by atoms with Gasteiger partial charge >= 0.3 is 0 Å². The lowest BCUT2D eigenvalue weighted by Crippen LogP contribution is -2.49. The van der Waals surface area contributed by atoms with E-state index in [9.17, 15) is 14.3 Å². The van der Waals surface area contributed by atoms with E-state index in [4.69, 9.17) is 4.42 Å². The van der Waals surface area contributed by atoms with Crippen molar-refractivity contribution >= 4 is 11.6 Å². The summed E-state index contributed by atoms with van der Waals surface area (Å²) < 4.78 is 18.7. The summed E-state index contributed by atoms with van der Waals surface area (Å²) in [5, 5.41) is 9.82. The number of piperazine rings is 2. The quantitative estimate of drug-likeness (QED) is 0.695. The van der Waals surface area contributed by atoms with E-state index in [0.29, 0.717) is 44.3 Å². The largest absolute Gasteiger partial charge is 0.447 e. The zero-order valence-corrected chi connectivity index (χ0v) is 18.6. The van der Waals surface area contributed by atoms with Crippen LogP contribution in [0.15, 0.2) is 34.9 Å². The number of carbonyl (C=O) groups excluding carboxylic acids is 1. The molecule has 4 rings (SSSR count). The van der Waals surface area contributed by atoms with Gasteiger partial charge in [0, 0.05) is 64.6 Å². The van der Waals surface area contributed by atoms with Gasteiger partial charge in [-0.2, -0.15) is 0 Å². The van der Waals surface area contributed by atoms with E-state index in [1.165, 1.54) is 18.4 Å². The summed E-state index contributed by atoms with van der Waals surface area (Å²) in [6.45, 7) is 9.43. The average molecular weight is 446 g/mol. The number of nitrogens with zero attached hydrogens (tertiary/aromatic N) is 5. The van der Waals surface area contributed by atoms with Crippen LogP contribution < -0.4 is 4.90 Å². The van der Waals surface area contributed by atoms with Gasteiger partial charge in [0.05, 0.1) is 12.6 Å². The lowest BCUT2D eigenvalue weighted by Gasteiger charge is -2.35. The first-order chi connectivity index (χ1) is 15.5. The fraction of sp³-hybridized carbons (Fsp3) is 0.565. The van der Waals surface area contributed by atoms with Gasteiger partial charge in [-0.15, -0.1) is 0 Å². The highest BCUT2D eigenvalue weighted by Gasteiger charge is 2.26. The van der Waals surface area contributed by atoms with Crippen LogP contribution in [0.5, 0.6) is 0 Å². The van der Waals surface area contributed by atoms with E-state index in [1.807, 2.05) is 6.92 Å². The molecule has 2 aliphatic heterocycles. The Morgan fingerprint density at radius 2 is 1.72 bits per heavy atom. The van der Waals surface area contributed by atoms with Crippen LogP contribution in [0, 0.1) is 5.82 Å². The zero-order valence-electron chi connectivity index (χ0n) is 18.6. The highest BCUT2D eigenvalue weighted by molar-refractivity contribution is 5.92. The van der Waals surface area contributed by atoms with Crippen LogP contribution in [0.3, 0.4) is 0 Å². The Morgan fingerprint density at radius 1 is 1.06 bits per heavy atom. The molecule has 2 saturated heterocycles. The third kappa shape index (κ3) is 5.65. The number of halogens is 1. The third-order valence-corrected chi connectivity index (χ3v) is 6.29. The molecule has 2 aromatic rings. The van der Waals surface area contributed by atoms with Crippen molar-refractivity contribution in [1.29, 1.82) is 0 Å². The third-order valence-electron chi connectivity index (χ3n) is 6.29. The van der Waals surface area contributed by atoms with E-state index >= 15 is 0 Å². The number of hydrogen-bond acceptors (Lipinski definition) is 7. The van der Waals surface area contributed by atoms with Crippen LogP contribution in [0.2, 0.25) is 0 Å². The maximum absolute atomic E-state index is 13.1. The first-order valence-corrected chi connectivity index (χ1v) is 11.4. The molecule has 1 N–H and O–H groups in total. The SMILES string of the molecule is CCC(O)CN1CCN(Cc2nc(C(=O)N3CCN(c4ccc(F)cc4)CC3)co2)CC1. The Bertz CT molecular complexity index is 874. The second-order valence-electron chi connectivity index (χ2n) is 8.52. The first kappa shape index (κ1) is 22.7. The molecular weight excluding hydrogens is 413 g/mol. The minimum atomic E-state index is -0.264. The summed E-state index contributed by atoms with van der Waals surface area (Å²) in [5.41, 5.74) is 1.31. The van der Waals surface area contributed by atoms with Crippen molar-refractivity contribution in [2.45, 2.75) is 26.0 Å². The van der Waals surface area contributed by atoms with Crippen LogP contribution in [0.25, 0.3) is 0 Å². The van der Waals surface area contributed by atoms with Gasteiger partial charge in [0.1, 0.15) is 12.1 Å². The van der Waals surface area contributed by atoms with Gasteiger partial charge in [-0.3, -0.25) is 14.6 Å². The molecular formula is C23H32FN5O3. The Kier molecular flexibility index (Phi) is 7.39. The Labute approximate surface area is 188 Å². The number of amides is 1. The van der Waals surface area contributed by atoms with E-state index in [-0.39, 0.29) is 17.8 Å². The molecule has 9 heteroatoms. The number of oxazole rings is 1. The zero-order chi connectivity index (χ0) is 22.5. The number of carbonyl (C=O) groups is 1. The highest BCUT2D eigenvalue weighted by atomic mass is 19.1. The van der Waals surface area contributed by atoms with Gasteiger partial charge in [0.25, 0.3) is 5.91 Å². The Balaban J connectivity index is 1.24. The summed E-state index contributed by atoms with van der Waals surface area (Å²) in [4.78, 5) is 25.8. The maximum Gasteiger partial charge on any atom is 0.275 e. The van der Waals surface area contributed by atoms with Crippen LogP contribution in [0.1, 0.15) is 29.7 Å². The molecule has 174 valence electrons. The minimum absolute atomic E-state index is 0.114. The highest BCUT2D eigenvalue weighted by Crippen LogP contribution is 2.18. The summed E-state index contributed by atoms with van der Waals surface area (Å²) in [6, 6.07) is 6.45. The molecule has 1 unspecified atom stereocenters. The predicted octanol–water partition coefficient (Wildman–Crippen LogP) is 1.66. The molecule has 1 aromatic carbocycles. The van der Waals surface area contributed by atoms with Crippen molar-refractivity contribution in [3.63, 3.8) is 0 Å². The molecule has 8 nitrogen and oxygen atoms in total. The van der Waals surface area contributed by atoms with Gasteiger partial charge in [0.15, 0.2) is 5.69 Å². The molecule has 0 bridgehead atoms. The summed E-state index contributed by atoms with van der Waals surface area (Å²) in [6.07, 6.45) is 1.96. The molecule has 2 fully saturated rings. The second-order valence-corrected chi connectivity index (χ2v) is 8.52. The molecule has 1 amide bonds. The van der Waals surface area contributed by atoms with Gasteiger partial charge < -0.3 is 19.3 Å². The van der Waals surface area contributed by atoms with Crippen molar-refractivity contribution in [3.8, 4) is 0 Å².